The summed E-state index contributed by atoms with van der Waals surface area (Å²) in [6.07, 6.45) is 0.891. The average molecular weight is 242 g/mol. The van der Waals surface area contributed by atoms with Crippen molar-refractivity contribution in [1.82, 2.24) is 4.98 Å². The Hall–Kier alpha value is -1.14. The predicted octanol–water partition coefficient (Wildman–Crippen LogP) is 1.22. The van der Waals surface area contributed by atoms with Gasteiger partial charge in [-0.1, -0.05) is 6.92 Å². The molecule has 2 N–H and O–H groups in total. The van der Waals surface area contributed by atoms with Gasteiger partial charge in [0.15, 0.2) is 5.13 Å². The van der Waals surface area contributed by atoms with Gasteiger partial charge in [0.25, 0.3) is 0 Å². The SMILES string of the molecule is CCc1csc(NC2COCC2C(=O)O)n1. The van der Waals surface area contributed by atoms with E-state index in [1.165, 1.54) is 11.3 Å². The molecule has 0 bridgehead atoms. The van der Waals surface area contributed by atoms with Crippen LogP contribution in [0.25, 0.3) is 0 Å². The van der Waals surface area contributed by atoms with Gasteiger partial charge in [-0.3, -0.25) is 4.79 Å². The molecule has 88 valence electrons. The molecule has 16 heavy (non-hydrogen) atoms. The summed E-state index contributed by atoms with van der Waals surface area (Å²) in [5, 5.41) is 14.9. The summed E-state index contributed by atoms with van der Waals surface area (Å²) in [7, 11) is 0. The van der Waals surface area contributed by atoms with E-state index in [2.05, 4.69) is 10.3 Å². The van der Waals surface area contributed by atoms with Gasteiger partial charge in [-0.2, -0.15) is 0 Å². The predicted molar refractivity (Wildman–Crippen MR) is 60.8 cm³/mol. The first-order chi connectivity index (χ1) is 7.70. The highest BCUT2D eigenvalue weighted by atomic mass is 32.1. The summed E-state index contributed by atoms with van der Waals surface area (Å²) in [5.41, 5.74) is 1.03. The minimum Gasteiger partial charge on any atom is -0.481 e. The van der Waals surface area contributed by atoms with Crippen LogP contribution in [0, 0.1) is 5.92 Å². The topological polar surface area (TPSA) is 71.5 Å². The molecule has 2 rings (SSSR count). The highest BCUT2D eigenvalue weighted by Gasteiger charge is 2.34. The van der Waals surface area contributed by atoms with Gasteiger partial charge in [-0.15, -0.1) is 11.3 Å². The van der Waals surface area contributed by atoms with Gasteiger partial charge >= 0.3 is 5.97 Å². The molecule has 0 aromatic carbocycles. The maximum atomic E-state index is 10.9. The Morgan fingerprint density at radius 3 is 3.19 bits per heavy atom. The summed E-state index contributed by atoms with van der Waals surface area (Å²) in [4.78, 5) is 15.3. The van der Waals surface area contributed by atoms with E-state index in [4.69, 9.17) is 9.84 Å². The zero-order valence-electron chi connectivity index (χ0n) is 8.97. The first-order valence-corrected chi connectivity index (χ1v) is 6.10. The molecule has 1 fully saturated rings. The monoisotopic (exact) mass is 242 g/mol. The van der Waals surface area contributed by atoms with E-state index in [1.54, 1.807) is 0 Å². The molecule has 1 aliphatic rings. The third-order valence-electron chi connectivity index (χ3n) is 2.62. The Kier molecular flexibility index (Phi) is 3.40. The molecule has 2 atom stereocenters. The summed E-state index contributed by atoms with van der Waals surface area (Å²) < 4.78 is 5.17. The van der Waals surface area contributed by atoms with Crippen LogP contribution in [-0.2, 0) is 16.0 Å². The van der Waals surface area contributed by atoms with Crippen molar-refractivity contribution in [2.24, 2.45) is 5.92 Å². The lowest BCUT2D eigenvalue weighted by Crippen LogP contribution is -2.33. The van der Waals surface area contributed by atoms with Crippen LogP contribution in [0.3, 0.4) is 0 Å². The van der Waals surface area contributed by atoms with E-state index < -0.39 is 11.9 Å². The van der Waals surface area contributed by atoms with E-state index in [0.29, 0.717) is 6.61 Å². The number of hydrogen-bond acceptors (Lipinski definition) is 5. The Labute approximate surface area is 97.5 Å². The number of aromatic nitrogens is 1. The highest BCUT2D eigenvalue weighted by molar-refractivity contribution is 7.13. The van der Waals surface area contributed by atoms with Crippen molar-refractivity contribution in [3.63, 3.8) is 0 Å². The van der Waals surface area contributed by atoms with E-state index in [-0.39, 0.29) is 12.6 Å². The number of aryl methyl sites for hydroxylation is 1. The number of rotatable bonds is 4. The summed E-state index contributed by atoms with van der Waals surface area (Å²) in [6, 6.07) is -0.173. The third kappa shape index (κ3) is 2.33. The second kappa shape index (κ2) is 4.80. The standard InChI is InChI=1S/C10H14N2O3S/c1-2-6-5-16-10(11-6)12-8-4-15-3-7(8)9(13)14/h5,7-8H,2-4H2,1H3,(H,11,12)(H,13,14). The molecule has 0 aliphatic carbocycles. The van der Waals surface area contributed by atoms with E-state index in [1.807, 2.05) is 12.3 Å². The molecule has 1 aromatic heterocycles. The van der Waals surface area contributed by atoms with Crippen molar-refractivity contribution in [3.05, 3.63) is 11.1 Å². The van der Waals surface area contributed by atoms with Crippen molar-refractivity contribution in [3.8, 4) is 0 Å². The number of thiazole rings is 1. The van der Waals surface area contributed by atoms with E-state index in [9.17, 15) is 4.79 Å². The number of nitrogens with one attached hydrogen (secondary N) is 1. The van der Waals surface area contributed by atoms with Crippen molar-refractivity contribution >= 4 is 22.4 Å². The lowest BCUT2D eigenvalue weighted by molar-refractivity contribution is -0.141. The second-order valence-corrected chi connectivity index (χ2v) is 4.59. The maximum Gasteiger partial charge on any atom is 0.311 e. The number of anilines is 1. The van der Waals surface area contributed by atoms with Crippen LogP contribution in [-0.4, -0.2) is 35.3 Å². The molecule has 0 amide bonds. The Balaban J connectivity index is 2.00. The normalized spacial score (nSPS) is 24.6. The number of hydrogen-bond donors (Lipinski definition) is 2. The third-order valence-corrected chi connectivity index (χ3v) is 3.44. The number of aliphatic carboxylic acids is 1. The molecular formula is C10H14N2O3S. The quantitative estimate of drug-likeness (QED) is 0.830. The second-order valence-electron chi connectivity index (χ2n) is 3.73. The average Bonchev–Trinajstić information content (AvgIpc) is 2.87. The molecular weight excluding hydrogens is 228 g/mol. The van der Waals surface area contributed by atoms with Gasteiger partial charge in [0.1, 0.15) is 5.92 Å². The molecule has 5 nitrogen and oxygen atoms in total. The van der Waals surface area contributed by atoms with E-state index in [0.717, 1.165) is 17.2 Å². The Bertz CT molecular complexity index is 380. The molecule has 6 heteroatoms. The molecule has 0 spiro atoms. The van der Waals surface area contributed by atoms with Crippen molar-refractivity contribution in [2.75, 3.05) is 18.5 Å². The highest BCUT2D eigenvalue weighted by Crippen LogP contribution is 2.22. The summed E-state index contributed by atoms with van der Waals surface area (Å²) in [6.45, 7) is 2.74. The van der Waals surface area contributed by atoms with Gasteiger partial charge in [0.2, 0.25) is 0 Å². The van der Waals surface area contributed by atoms with E-state index >= 15 is 0 Å². The first kappa shape index (κ1) is 11.3. The molecule has 1 aliphatic heterocycles. The van der Waals surface area contributed by atoms with Crippen LogP contribution in [0.2, 0.25) is 0 Å². The van der Waals surface area contributed by atoms with Crippen LogP contribution >= 0.6 is 11.3 Å². The largest absolute Gasteiger partial charge is 0.481 e. The lowest BCUT2D eigenvalue weighted by atomic mass is 10.1. The minimum atomic E-state index is -0.817. The first-order valence-electron chi connectivity index (χ1n) is 5.22. The molecule has 2 unspecified atom stereocenters. The van der Waals surface area contributed by atoms with Crippen LogP contribution in [0.4, 0.5) is 5.13 Å². The molecule has 1 aromatic rings. The van der Waals surface area contributed by atoms with Crippen LogP contribution in [0.5, 0.6) is 0 Å². The lowest BCUT2D eigenvalue weighted by Gasteiger charge is -2.14. The molecule has 0 radical (unpaired) electrons. The maximum absolute atomic E-state index is 10.9. The fourth-order valence-electron chi connectivity index (χ4n) is 1.63. The zero-order chi connectivity index (χ0) is 11.5. The minimum absolute atomic E-state index is 0.173. The number of carboxylic acid groups (broad SMARTS) is 1. The van der Waals surface area contributed by atoms with Gasteiger partial charge in [-0.05, 0) is 6.42 Å². The number of carbonyl (C=O) groups is 1. The van der Waals surface area contributed by atoms with Gasteiger partial charge < -0.3 is 15.2 Å². The zero-order valence-corrected chi connectivity index (χ0v) is 9.79. The van der Waals surface area contributed by atoms with Crippen molar-refractivity contribution < 1.29 is 14.6 Å². The Morgan fingerprint density at radius 1 is 1.75 bits per heavy atom. The van der Waals surface area contributed by atoms with Crippen LogP contribution in [0.15, 0.2) is 5.38 Å². The fourth-order valence-corrected chi connectivity index (χ4v) is 2.49. The van der Waals surface area contributed by atoms with Gasteiger partial charge in [-0.25, -0.2) is 4.98 Å². The molecule has 0 saturated carbocycles. The van der Waals surface area contributed by atoms with Crippen molar-refractivity contribution in [2.45, 2.75) is 19.4 Å². The van der Waals surface area contributed by atoms with Crippen LogP contribution in [0.1, 0.15) is 12.6 Å². The fraction of sp³-hybridized carbons (Fsp3) is 0.600. The van der Waals surface area contributed by atoms with Gasteiger partial charge in [0, 0.05) is 5.38 Å². The van der Waals surface area contributed by atoms with Gasteiger partial charge in [0.05, 0.1) is 24.9 Å². The van der Waals surface area contributed by atoms with Crippen molar-refractivity contribution in [1.29, 1.82) is 0 Å². The Morgan fingerprint density at radius 2 is 2.56 bits per heavy atom. The number of carboxylic acids is 1. The molecule has 1 saturated heterocycles. The smallest absolute Gasteiger partial charge is 0.311 e. The summed E-state index contributed by atoms with van der Waals surface area (Å²) >= 11 is 1.50. The number of ether oxygens (including phenoxy) is 1. The van der Waals surface area contributed by atoms with Crippen LogP contribution < -0.4 is 5.32 Å². The number of nitrogens with zero attached hydrogens (tertiary/aromatic N) is 1. The summed E-state index contributed by atoms with van der Waals surface area (Å²) in [5.74, 6) is -1.30. The molecule has 2 heterocycles.